The van der Waals surface area contributed by atoms with Crippen molar-refractivity contribution in [2.24, 2.45) is 11.8 Å². The summed E-state index contributed by atoms with van der Waals surface area (Å²) in [6.07, 6.45) is 22.9. The maximum Gasteiger partial charge on any atom is 0.133 e. The van der Waals surface area contributed by atoms with E-state index >= 15 is 0 Å². The Kier molecular flexibility index (Phi) is 7.39. The summed E-state index contributed by atoms with van der Waals surface area (Å²) in [7, 11) is 0. The zero-order valence-corrected chi connectivity index (χ0v) is 20.1. The van der Waals surface area contributed by atoms with Gasteiger partial charge in [0.05, 0.1) is 5.69 Å². The fraction of sp³-hybridized carbons (Fsp3) is 0.548. The summed E-state index contributed by atoms with van der Waals surface area (Å²) < 4.78 is 0. The van der Waals surface area contributed by atoms with E-state index in [0.29, 0.717) is 24.0 Å². The van der Waals surface area contributed by atoms with Gasteiger partial charge in [0.2, 0.25) is 0 Å². The van der Waals surface area contributed by atoms with Crippen molar-refractivity contribution in [2.75, 3.05) is 0 Å². The first kappa shape index (κ1) is 22.6. The number of pyridine rings is 1. The van der Waals surface area contributed by atoms with Crippen LogP contribution in [-0.2, 0) is 24.1 Å². The molecule has 1 aromatic carbocycles. The number of aryl methyl sites for hydroxylation is 1. The molecule has 0 N–H and O–H groups in total. The Morgan fingerprint density at radius 2 is 1.79 bits per heavy atom. The van der Waals surface area contributed by atoms with E-state index in [1.807, 2.05) is 6.20 Å². The standard InChI is InChI=1S/C31H39NO/c33-29(16-15-24-9-4-10-25(20-24)19-23-7-2-1-3-8-23)22-26-11-5-13-28(21-26)31-30-14-6-12-27(30)17-18-32-31/h4,6,9-10,14,17-18,20,23,26,28H,1-3,5,7-8,11-13,15-16,19,21-22H2. The monoisotopic (exact) mass is 441 g/mol. The third kappa shape index (κ3) is 5.83. The minimum Gasteiger partial charge on any atom is -0.300 e. The zero-order valence-electron chi connectivity index (χ0n) is 20.1. The molecule has 0 spiro atoms. The molecular weight excluding hydrogens is 402 g/mol. The van der Waals surface area contributed by atoms with Gasteiger partial charge >= 0.3 is 0 Å². The van der Waals surface area contributed by atoms with E-state index in [1.165, 1.54) is 85.7 Å². The average Bonchev–Trinajstić information content (AvgIpc) is 3.33. The van der Waals surface area contributed by atoms with Crippen LogP contribution in [0.3, 0.4) is 0 Å². The minimum absolute atomic E-state index is 0.449. The SMILES string of the molecule is O=C(CCc1cccc(CC2CCCCC2)c1)CC1CCCC(c2nccc3c2C=CC3)C1. The van der Waals surface area contributed by atoms with Crippen LogP contribution in [0.25, 0.3) is 6.08 Å². The molecule has 2 nitrogen and oxygen atoms in total. The third-order valence-electron chi connectivity index (χ3n) is 8.35. The normalized spacial score (nSPS) is 22.9. The number of hydrogen-bond donors (Lipinski definition) is 0. The molecule has 1 heterocycles. The van der Waals surface area contributed by atoms with Crippen LogP contribution in [0.1, 0.15) is 104 Å². The van der Waals surface area contributed by atoms with E-state index in [4.69, 9.17) is 4.98 Å². The summed E-state index contributed by atoms with van der Waals surface area (Å²) in [5, 5.41) is 0. The predicted octanol–water partition coefficient (Wildman–Crippen LogP) is 7.64. The maximum atomic E-state index is 12.9. The van der Waals surface area contributed by atoms with Crippen LogP contribution < -0.4 is 0 Å². The average molecular weight is 442 g/mol. The molecule has 0 saturated heterocycles. The first-order valence-electron chi connectivity index (χ1n) is 13.5. The van der Waals surface area contributed by atoms with Crippen molar-refractivity contribution in [3.05, 3.63) is 70.6 Å². The van der Waals surface area contributed by atoms with Crippen LogP contribution >= 0.6 is 0 Å². The molecule has 0 aliphatic heterocycles. The van der Waals surface area contributed by atoms with Gasteiger partial charge in [-0.3, -0.25) is 9.78 Å². The van der Waals surface area contributed by atoms with Gasteiger partial charge in [-0.05, 0) is 78.7 Å². The van der Waals surface area contributed by atoms with Crippen LogP contribution in [0.2, 0.25) is 0 Å². The molecule has 2 heteroatoms. The first-order valence-corrected chi connectivity index (χ1v) is 13.5. The smallest absolute Gasteiger partial charge is 0.133 e. The molecule has 5 rings (SSSR count). The molecule has 2 fully saturated rings. The zero-order chi connectivity index (χ0) is 22.5. The highest BCUT2D eigenvalue weighted by Crippen LogP contribution is 2.40. The Labute approximate surface area is 199 Å². The van der Waals surface area contributed by atoms with E-state index in [2.05, 4.69) is 42.5 Å². The first-order chi connectivity index (χ1) is 16.2. The number of Topliss-reactive ketones (excluding diaryl/α,β-unsaturated/α-hetero) is 1. The lowest BCUT2D eigenvalue weighted by Crippen LogP contribution is -2.19. The Morgan fingerprint density at radius 3 is 2.70 bits per heavy atom. The van der Waals surface area contributed by atoms with E-state index in [9.17, 15) is 4.79 Å². The number of carbonyl (C=O) groups excluding carboxylic acids is 1. The molecule has 2 unspecified atom stereocenters. The van der Waals surface area contributed by atoms with Crippen LogP contribution in [0, 0.1) is 11.8 Å². The van der Waals surface area contributed by atoms with Crippen molar-refractivity contribution in [3.8, 4) is 0 Å². The van der Waals surface area contributed by atoms with Gasteiger partial charge < -0.3 is 0 Å². The largest absolute Gasteiger partial charge is 0.300 e. The summed E-state index contributed by atoms with van der Waals surface area (Å²) in [6, 6.07) is 11.2. The van der Waals surface area contributed by atoms with E-state index < -0.39 is 0 Å². The van der Waals surface area contributed by atoms with Crippen molar-refractivity contribution in [1.29, 1.82) is 0 Å². The summed E-state index contributed by atoms with van der Waals surface area (Å²) in [5.74, 6) is 2.36. The van der Waals surface area contributed by atoms with Crippen molar-refractivity contribution >= 4 is 11.9 Å². The maximum absolute atomic E-state index is 12.9. The molecule has 174 valence electrons. The lowest BCUT2D eigenvalue weighted by molar-refractivity contribution is -0.120. The number of aromatic nitrogens is 1. The van der Waals surface area contributed by atoms with Gasteiger partial charge in [0.15, 0.2) is 0 Å². The molecular formula is C31H39NO. The highest BCUT2D eigenvalue weighted by Gasteiger charge is 2.28. The molecule has 2 aromatic rings. The van der Waals surface area contributed by atoms with Gasteiger partial charge in [-0.2, -0.15) is 0 Å². The topological polar surface area (TPSA) is 30.0 Å². The number of hydrogen-bond acceptors (Lipinski definition) is 2. The lowest BCUT2D eigenvalue weighted by atomic mass is 9.76. The van der Waals surface area contributed by atoms with Gasteiger partial charge in [0, 0.05) is 25.0 Å². The summed E-state index contributed by atoms with van der Waals surface area (Å²) >= 11 is 0. The van der Waals surface area contributed by atoms with Gasteiger partial charge in [0.25, 0.3) is 0 Å². The van der Waals surface area contributed by atoms with Gasteiger partial charge in [-0.25, -0.2) is 0 Å². The fourth-order valence-corrected chi connectivity index (χ4v) is 6.60. The van der Waals surface area contributed by atoms with Crippen molar-refractivity contribution in [3.63, 3.8) is 0 Å². The second kappa shape index (κ2) is 10.8. The van der Waals surface area contributed by atoms with Crippen LogP contribution in [0.15, 0.2) is 42.6 Å². The van der Waals surface area contributed by atoms with Crippen LogP contribution in [0.5, 0.6) is 0 Å². The third-order valence-corrected chi connectivity index (χ3v) is 8.35. The summed E-state index contributed by atoms with van der Waals surface area (Å²) in [4.78, 5) is 17.7. The Balaban J connectivity index is 1.12. The van der Waals surface area contributed by atoms with Crippen LogP contribution in [-0.4, -0.2) is 10.8 Å². The second-order valence-electron chi connectivity index (χ2n) is 10.9. The van der Waals surface area contributed by atoms with Gasteiger partial charge in [-0.15, -0.1) is 0 Å². The number of carbonyl (C=O) groups is 1. The van der Waals surface area contributed by atoms with Gasteiger partial charge in [0.1, 0.15) is 5.78 Å². The number of nitrogens with zero attached hydrogens (tertiary/aromatic N) is 1. The van der Waals surface area contributed by atoms with E-state index in [-0.39, 0.29) is 0 Å². The summed E-state index contributed by atoms with van der Waals surface area (Å²) in [6.45, 7) is 0. The van der Waals surface area contributed by atoms with Crippen molar-refractivity contribution < 1.29 is 4.79 Å². The highest BCUT2D eigenvalue weighted by molar-refractivity contribution is 5.79. The molecule has 2 saturated carbocycles. The highest BCUT2D eigenvalue weighted by atomic mass is 16.1. The molecule has 1 aromatic heterocycles. The molecule has 0 radical (unpaired) electrons. The Hall–Kier alpha value is -2.22. The quantitative estimate of drug-likeness (QED) is 0.421. The van der Waals surface area contributed by atoms with Crippen molar-refractivity contribution in [1.82, 2.24) is 4.98 Å². The fourth-order valence-electron chi connectivity index (χ4n) is 6.60. The second-order valence-corrected chi connectivity index (χ2v) is 10.9. The van der Waals surface area contributed by atoms with E-state index in [1.54, 1.807) is 0 Å². The number of allylic oxidation sites excluding steroid dienone is 1. The molecule has 0 bridgehead atoms. The Morgan fingerprint density at radius 1 is 0.939 bits per heavy atom. The molecule has 3 aliphatic rings. The van der Waals surface area contributed by atoms with E-state index in [0.717, 1.165) is 31.6 Å². The van der Waals surface area contributed by atoms with Gasteiger partial charge in [-0.1, -0.05) is 74.9 Å². The molecule has 33 heavy (non-hydrogen) atoms. The lowest BCUT2D eigenvalue weighted by Gasteiger charge is -2.29. The molecule has 3 aliphatic carbocycles. The number of rotatable bonds is 8. The summed E-state index contributed by atoms with van der Waals surface area (Å²) in [5.41, 5.74) is 6.88. The van der Waals surface area contributed by atoms with Crippen molar-refractivity contribution in [2.45, 2.75) is 95.8 Å². The predicted molar refractivity (Wildman–Crippen MR) is 136 cm³/mol. The minimum atomic E-state index is 0.449. The molecule has 0 amide bonds. The number of benzene rings is 1. The van der Waals surface area contributed by atoms with Crippen LogP contribution in [0.4, 0.5) is 0 Å². The Bertz CT molecular complexity index is 984. The number of fused-ring (bicyclic) bond motifs is 1. The molecule has 2 atom stereocenters. The number of ketones is 1.